The highest BCUT2D eigenvalue weighted by Gasteiger charge is 2.12. The van der Waals surface area contributed by atoms with Gasteiger partial charge in [0.2, 0.25) is 5.91 Å². The van der Waals surface area contributed by atoms with Gasteiger partial charge in [-0.2, -0.15) is 0 Å². The molecule has 0 saturated carbocycles. The first kappa shape index (κ1) is 16.0. The Morgan fingerprint density at radius 3 is 2.58 bits per heavy atom. The Hall–Kier alpha value is -1.07. The Morgan fingerprint density at radius 1 is 1.42 bits per heavy atom. The van der Waals surface area contributed by atoms with E-state index in [1.807, 2.05) is 0 Å². The van der Waals surface area contributed by atoms with E-state index in [0.29, 0.717) is 28.8 Å². The first-order valence-electron chi connectivity index (χ1n) is 5.76. The number of benzene rings is 1. The lowest BCUT2D eigenvalue weighted by molar-refractivity contribution is -0.117. The third-order valence-corrected chi connectivity index (χ3v) is 3.03. The average molecular weight is 303 g/mol. The minimum atomic E-state index is -0.245. The number of nitrogens with one attached hydrogen (secondary N) is 1. The minimum Gasteiger partial charge on any atom is -0.395 e. The lowest BCUT2D eigenvalue weighted by Crippen LogP contribution is -2.35. The molecule has 0 aliphatic carbocycles. The SMILES string of the molecule is C=CCN(CCO)CC(=O)Nc1c(Cl)cccc1Cl. The van der Waals surface area contributed by atoms with E-state index in [-0.39, 0.29) is 19.1 Å². The Labute approximate surface area is 122 Å². The van der Waals surface area contributed by atoms with Crippen LogP contribution in [0.1, 0.15) is 0 Å². The van der Waals surface area contributed by atoms with Crippen LogP contribution in [0.3, 0.4) is 0 Å². The zero-order valence-corrected chi connectivity index (χ0v) is 11.9. The molecule has 1 aromatic carbocycles. The fourth-order valence-corrected chi connectivity index (χ4v) is 2.05. The summed E-state index contributed by atoms with van der Waals surface area (Å²) in [6, 6.07) is 5.01. The van der Waals surface area contributed by atoms with Crippen molar-refractivity contribution in [3.05, 3.63) is 40.9 Å². The molecule has 6 heteroatoms. The first-order valence-corrected chi connectivity index (χ1v) is 6.52. The monoisotopic (exact) mass is 302 g/mol. The number of hydrogen-bond acceptors (Lipinski definition) is 3. The van der Waals surface area contributed by atoms with Crippen LogP contribution < -0.4 is 5.32 Å². The number of para-hydroxylation sites is 1. The van der Waals surface area contributed by atoms with Crippen molar-refractivity contribution >= 4 is 34.8 Å². The van der Waals surface area contributed by atoms with Gasteiger partial charge in [-0.15, -0.1) is 6.58 Å². The van der Waals surface area contributed by atoms with Crippen LogP contribution in [0.2, 0.25) is 10.0 Å². The molecular formula is C13H16Cl2N2O2. The Bertz CT molecular complexity index is 432. The van der Waals surface area contributed by atoms with Crippen molar-refractivity contribution in [3.63, 3.8) is 0 Å². The standard InChI is InChI=1S/C13H16Cl2N2O2/c1-2-6-17(7-8-18)9-12(19)16-13-10(14)4-3-5-11(13)15/h2-5,18H,1,6-9H2,(H,16,19). The van der Waals surface area contributed by atoms with E-state index >= 15 is 0 Å². The minimum absolute atomic E-state index is 0.0199. The van der Waals surface area contributed by atoms with Gasteiger partial charge in [0.05, 0.1) is 28.9 Å². The second-order valence-electron chi connectivity index (χ2n) is 3.89. The molecule has 0 saturated heterocycles. The van der Waals surface area contributed by atoms with E-state index < -0.39 is 0 Å². The quantitative estimate of drug-likeness (QED) is 0.761. The molecular weight excluding hydrogens is 287 g/mol. The van der Waals surface area contributed by atoms with Crippen LogP contribution in [0, 0.1) is 0 Å². The van der Waals surface area contributed by atoms with Crippen LogP contribution in [0.25, 0.3) is 0 Å². The van der Waals surface area contributed by atoms with Gasteiger partial charge in [-0.25, -0.2) is 0 Å². The van der Waals surface area contributed by atoms with Gasteiger partial charge in [0, 0.05) is 13.1 Å². The van der Waals surface area contributed by atoms with Crippen LogP contribution >= 0.6 is 23.2 Å². The number of anilines is 1. The van der Waals surface area contributed by atoms with Crippen LogP contribution in [-0.2, 0) is 4.79 Å². The van der Waals surface area contributed by atoms with Crippen molar-refractivity contribution in [2.75, 3.05) is 31.6 Å². The van der Waals surface area contributed by atoms with Crippen molar-refractivity contribution in [3.8, 4) is 0 Å². The van der Waals surface area contributed by atoms with Gasteiger partial charge >= 0.3 is 0 Å². The number of amides is 1. The number of hydrogen-bond donors (Lipinski definition) is 2. The van der Waals surface area contributed by atoms with Crippen LogP contribution in [0.5, 0.6) is 0 Å². The average Bonchev–Trinajstić information content (AvgIpc) is 2.35. The summed E-state index contributed by atoms with van der Waals surface area (Å²) in [4.78, 5) is 13.6. The van der Waals surface area contributed by atoms with E-state index in [9.17, 15) is 4.79 Å². The third kappa shape index (κ3) is 5.20. The molecule has 0 spiro atoms. The number of rotatable bonds is 7. The maximum Gasteiger partial charge on any atom is 0.238 e. The summed E-state index contributed by atoms with van der Waals surface area (Å²) in [7, 11) is 0. The molecule has 0 atom stereocenters. The van der Waals surface area contributed by atoms with Gasteiger partial charge in [0.15, 0.2) is 0 Å². The number of nitrogens with zero attached hydrogens (tertiary/aromatic N) is 1. The second kappa shape index (κ2) is 8.17. The van der Waals surface area contributed by atoms with E-state index in [2.05, 4.69) is 11.9 Å². The zero-order chi connectivity index (χ0) is 14.3. The third-order valence-electron chi connectivity index (χ3n) is 2.40. The summed E-state index contributed by atoms with van der Waals surface area (Å²) in [6.07, 6.45) is 1.67. The lowest BCUT2D eigenvalue weighted by atomic mass is 10.3. The fourth-order valence-electron chi connectivity index (χ4n) is 1.56. The molecule has 0 aliphatic rings. The van der Waals surface area contributed by atoms with Gasteiger partial charge in [-0.05, 0) is 12.1 Å². The van der Waals surface area contributed by atoms with Crippen molar-refractivity contribution in [1.29, 1.82) is 0 Å². The van der Waals surface area contributed by atoms with E-state index in [1.54, 1.807) is 29.2 Å². The predicted molar refractivity (Wildman–Crippen MR) is 78.8 cm³/mol. The molecule has 0 bridgehead atoms. The molecule has 0 aromatic heterocycles. The van der Waals surface area contributed by atoms with Crippen LogP contribution in [0.4, 0.5) is 5.69 Å². The van der Waals surface area contributed by atoms with Crippen molar-refractivity contribution in [2.45, 2.75) is 0 Å². The Balaban J connectivity index is 2.66. The summed E-state index contributed by atoms with van der Waals surface area (Å²) < 4.78 is 0. The van der Waals surface area contributed by atoms with Gasteiger partial charge in [0.25, 0.3) is 0 Å². The van der Waals surface area contributed by atoms with Gasteiger partial charge in [-0.1, -0.05) is 35.3 Å². The molecule has 19 heavy (non-hydrogen) atoms. The van der Waals surface area contributed by atoms with Gasteiger partial charge in [0.1, 0.15) is 0 Å². The summed E-state index contributed by atoms with van der Waals surface area (Å²) >= 11 is 11.9. The Morgan fingerprint density at radius 2 is 2.05 bits per heavy atom. The Kier molecular flexibility index (Phi) is 6.87. The molecule has 0 radical (unpaired) electrons. The zero-order valence-electron chi connectivity index (χ0n) is 10.4. The molecule has 104 valence electrons. The molecule has 1 rings (SSSR count). The number of carbonyl (C=O) groups excluding carboxylic acids is 1. The van der Waals surface area contributed by atoms with Crippen molar-refractivity contribution < 1.29 is 9.90 Å². The molecule has 0 aliphatic heterocycles. The number of carbonyl (C=O) groups is 1. The smallest absolute Gasteiger partial charge is 0.238 e. The van der Waals surface area contributed by atoms with Crippen molar-refractivity contribution in [2.24, 2.45) is 0 Å². The maximum absolute atomic E-state index is 11.9. The molecule has 0 heterocycles. The lowest BCUT2D eigenvalue weighted by Gasteiger charge is -2.19. The van der Waals surface area contributed by atoms with E-state index in [4.69, 9.17) is 28.3 Å². The van der Waals surface area contributed by atoms with Crippen LogP contribution in [-0.4, -0.2) is 42.2 Å². The largest absolute Gasteiger partial charge is 0.395 e. The van der Waals surface area contributed by atoms with Gasteiger partial charge < -0.3 is 10.4 Å². The van der Waals surface area contributed by atoms with Gasteiger partial charge in [-0.3, -0.25) is 9.69 Å². The van der Waals surface area contributed by atoms with E-state index in [1.165, 1.54) is 0 Å². The first-order chi connectivity index (χ1) is 9.08. The molecule has 0 fully saturated rings. The molecule has 4 nitrogen and oxygen atoms in total. The summed E-state index contributed by atoms with van der Waals surface area (Å²) in [5.41, 5.74) is 0.401. The van der Waals surface area contributed by atoms with E-state index in [0.717, 1.165) is 0 Å². The predicted octanol–water partition coefficient (Wildman–Crippen LogP) is 2.41. The highest BCUT2D eigenvalue weighted by Crippen LogP contribution is 2.29. The molecule has 2 N–H and O–H groups in total. The molecule has 1 aromatic rings. The maximum atomic E-state index is 11.9. The fraction of sp³-hybridized carbons (Fsp3) is 0.308. The summed E-state index contributed by atoms with van der Waals surface area (Å²) in [5.74, 6) is -0.245. The topological polar surface area (TPSA) is 52.6 Å². The normalized spacial score (nSPS) is 10.5. The van der Waals surface area contributed by atoms with Crippen LogP contribution in [0.15, 0.2) is 30.9 Å². The number of aliphatic hydroxyl groups excluding tert-OH is 1. The molecule has 1 amide bonds. The highest BCUT2D eigenvalue weighted by atomic mass is 35.5. The number of halogens is 2. The van der Waals surface area contributed by atoms with Crippen molar-refractivity contribution in [1.82, 2.24) is 4.90 Å². The summed E-state index contributed by atoms with van der Waals surface area (Å²) in [6.45, 7) is 4.63. The highest BCUT2D eigenvalue weighted by molar-refractivity contribution is 6.39. The summed E-state index contributed by atoms with van der Waals surface area (Å²) in [5, 5.41) is 12.3. The molecule has 0 unspecified atom stereocenters. The second-order valence-corrected chi connectivity index (χ2v) is 4.71. The number of aliphatic hydroxyl groups is 1.